The summed E-state index contributed by atoms with van der Waals surface area (Å²) in [6.07, 6.45) is 7.46. The number of hydrogen-bond acceptors (Lipinski definition) is 3. The molecule has 4 heteroatoms. The first-order chi connectivity index (χ1) is 8.51. The third-order valence-electron chi connectivity index (χ3n) is 4.53. The van der Waals surface area contributed by atoms with E-state index in [0.29, 0.717) is 5.41 Å². The minimum Gasteiger partial charge on any atom is -0.387 e. The van der Waals surface area contributed by atoms with Gasteiger partial charge >= 0.3 is 0 Å². The Kier molecular flexibility index (Phi) is 3.06. The number of amidine groups is 1. The van der Waals surface area contributed by atoms with Crippen LogP contribution in [0.15, 0.2) is 20.9 Å². The maximum absolute atomic E-state index is 6.10. The molecule has 1 saturated carbocycles. The molecule has 1 aromatic heterocycles. The molecular formula is C14H19BrN2S. The summed E-state index contributed by atoms with van der Waals surface area (Å²) in [7, 11) is 0. The highest BCUT2D eigenvalue weighted by atomic mass is 79.9. The van der Waals surface area contributed by atoms with Gasteiger partial charge < -0.3 is 5.73 Å². The number of rotatable bonds is 1. The Bertz CT molecular complexity index is 490. The lowest BCUT2D eigenvalue weighted by Crippen LogP contribution is -2.35. The molecule has 98 valence electrons. The average molecular weight is 327 g/mol. The molecule has 18 heavy (non-hydrogen) atoms. The second kappa shape index (κ2) is 4.34. The van der Waals surface area contributed by atoms with E-state index in [-0.39, 0.29) is 5.54 Å². The number of aliphatic imine (C=N–C) groups is 1. The van der Waals surface area contributed by atoms with Crippen molar-refractivity contribution < 1.29 is 0 Å². The third-order valence-corrected chi connectivity index (χ3v) is 6.48. The zero-order chi connectivity index (χ0) is 12.8. The van der Waals surface area contributed by atoms with Crippen LogP contribution in [0.1, 0.15) is 50.3 Å². The molecule has 0 aromatic carbocycles. The highest BCUT2D eigenvalue weighted by Gasteiger charge is 2.45. The summed E-state index contributed by atoms with van der Waals surface area (Å²) in [5.41, 5.74) is 6.49. The van der Waals surface area contributed by atoms with Crippen LogP contribution in [0.5, 0.6) is 0 Å². The fraction of sp³-hybridized carbons (Fsp3) is 0.643. The van der Waals surface area contributed by atoms with Crippen molar-refractivity contribution in [2.24, 2.45) is 16.1 Å². The fourth-order valence-corrected chi connectivity index (χ4v) is 5.00. The Morgan fingerprint density at radius 1 is 1.39 bits per heavy atom. The second-order valence-electron chi connectivity index (χ2n) is 6.04. The van der Waals surface area contributed by atoms with Crippen LogP contribution >= 0.6 is 27.3 Å². The molecule has 0 radical (unpaired) electrons. The van der Waals surface area contributed by atoms with Crippen molar-refractivity contribution in [3.05, 3.63) is 20.8 Å². The van der Waals surface area contributed by atoms with Crippen molar-refractivity contribution in [1.82, 2.24) is 0 Å². The van der Waals surface area contributed by atoms with Crippen LogP contribution < -0.4 is 5.73 Å². The van der Waals surface area contributed by atoms with Gasteiger partial charge in [-0.2, -0.15) is 0 Å². The lowest BCUT2D eigenvalue weighted by molar-refractivity contribution is 0.0832. The monoisotopic (exact) mass is 326 g/mol. The molecule has 1 aromatic rings. The van der Waals surface area contributed by atoms with E-state index in [0.717, 1.165) is 23.1 Å². The van der Waals surface area contributed by atoms with Gasteiger partial charge in [0.25, 0.3) is 0 Å². The fourth-order valence-electron chi connectivity index (χ4n) is 3.47. The molecule has 0 saturated heterocycles. The standard InChI is InChI=1S/C14H19BrN2S/c1-13(11-7-10(15)8-18-11)9-14(4-2-5-14)6-3-12(16)17-13/h7-8H,2-6,9H2,1H3,(H2,16,17). The number of halogens is 1. The van der Waals surface area contributed by atoms with E-state index in [1.807, 2.05) is 0 Å². The van der Waals surface area contributed by atoms with Crippen LogP contribution in [-0.4, -0.2) is 5.84 Å². The van der Waals surface area contributed by atoms with E-state index in [4.69, 9.17) is 10.7 Å². The van der Waals surface area contributed by atoms with Gasteiger partial charge in [-0.05, 0) is 60.0 Å². The Labute approximate surface area is 121 Å². The van der Waals surface area contributed by atoms with Gasteiger partial charge in [0.2, 0.25) is 0 Å². The Morgan fingerprint density at radius 2 is 2.17 bits per heavy atom. The highest BCUT2D eigenvalue weighted by Crippen LogP contribution is 2.55. The maximum Gasteiger partial charge on any atom is 0.0948 e. The molecule has 1 unspecified atom stereocenters. The largest absolute Gasteiger partial charge is 0.387 e. The SMILES string of the molecule is CC1(c2cc(Br)cs2)CC2(CCC2)CCC(N)=N1. The lowest BCUT2D eigenvalue weighted by atomic mass is 9.61. The number of hydrogen-bond donors (Lipinski definition) is 1. The zero-order valence-electron chi connectivity index (χ0n) is 10.7. The first-order valence-corrected chi connectivity index (χ1v) is 8.27. The summed E-state index contributed by atoms with van der Waals surface area (Å²) >= 11 is 5.34. The molecule has 2 aliphatic rings. The Hall–Kier alpha value is -0.350. The van der Waals surface area contributed by atoms with Crippen molar-refractivity contribution in [1.29, 1.82) is 0 Å². The van der Waals surface area contributed by atoms with Gasteiger partial charge in [0.05, 0.1) is 11.4 Å². The molecule has 1 aliphatic carbocycles. The first kappa shape index (κ1) is 12.7. The molecule has 1 aliphatic heterocycles. The molecule has 1 fully saturated rings. The van der Waals surface area contributed by atoms with Crippen LogP contribution in [0.25, 0.3) is 0 Å². The minimum atomic E-state index is -0.113. The summed E-state index contributed by atoms with van der Waals surface area (Å²) < 4.78 is 1.16. The number of thiophene rings is 1. The minimum absolute atomic E-state index is 0.113. The topological polar surface area (TPSA) is 38.4 Å². The van der Waals surface area contributed by atoms with Gasteiger partial charge in [-0.1, -0.05) is 6.42 Å². The van der Waals surface area contributed by atoms with Gasteiger partial charge in [0.1, 0.15) is 0 Å². The van der Waals surface area contributed by atoms with Crippen LogP contribution in [0.4, 0.5) is 0 Å². The van der Waals surface area contributed by atoms with Crippen LogP contribution in [0, 0.1) is 5.41 Å². The second-order valence-corrected chi connectivity index (χ2v) is 7.86. The predicted molar refractivity (Wildman–Crippen MR) is 81.1 cm³/mol. The normalized spacial score (nSPS) is 30.7. The van der Waals surface area contributed by atoms with Crippen molar-refractivity contribution >= 4 is 33.1 Å². The number of nitrogens with two attached hydrogens (primary N) is 1. The third kappa shape index (κ3) is 2.14. The average Bonchev–Trinajstić information content (AvgIpc) is 2.63. The summed E-state index contributed by atoms with van der Waals surface area (Å²) in [6, 6.07) is 2.21. The molecule has 1 spiro atoms. The van der Waals surface area contributed by atoms with Crippen LogP contribution in [-0.2, 0) is 5.54 Å². The molecule has 2 N–H and O–H groups in total. The molecule has 0 amide bonds. The Morgan fingerprint density at radius 3 is 2.72 bits per heavy atom. The van der Waals surface area contributed by atoms with E-state index in [2.05, 4.69) is 34.3 Å². The van der Waals surface area contributed by atoms with Gasteiger partial charge in [0.15, 0.2) is 0 Å². The highest BCUT2D eigenvalue weighted by molar-refractivity contribution is 9.10. The predicted octanol–water partition coefficient (Wildman–Crippen LogP) is 4.44. The first-order valence-electron chi connectivity index (χ1n) is 6.60. The van der Waals surface area contributed by atoms with Gasteiger partial charge in [-0.15, -0.1) is 11.3 Å². The summed E-state index contributed by atoms with van der Waals surface area (Å²) in [4.78, 5) is 6.19. The van der Waals surface area contributed by atoms with Gasteiger partial charge in [-0.3, -0.25) is 4.99 Å². The van der Waals surface area contributed by atoms with Crippen LogP contribution in [0.2, 0.25) is 0 Å². The molecule has 2 heterocycles. The van der Waals surface area contributed by atoms with Crippen LogP contribution in [0.3, 0.4) is 0 Å². The van der Waals surface area contributed by atoms with E-state index < -0.39 is 0 Å². The van der Waals surface area contributed by atoms with Crippen molar-refractivity contribution in [3.8, 4) is 0 Å². The quantitative estimate of drug-likeness (QED) is 0.814. The summed E-state index contributed by atoms with van der Waals surface area (Å²) in [5.74, 6) is 0.839. The Balaban J connectivity index is 1.98. The molecule has 2 nitrogen and oxygen atoms in total. The lowest BCUT2D eigenvalue weighted by Gasteiger charge is -2.45. The zero-order valence-corrected chi connectivity index (χ0v) is 13.1. The molecule has 1 atom stereocenters. The number of nitrogens with zero attached hydrogens (tertiary/aromatic N) is 1. The van der Waals surface area contributed by atoms with Crippen molar-refractivity contribution in [2.45, 2.75) is 51.0 Å². The molecular weight excluding hydrogens is 308 g/mol. The van der Waals surface area contributed by atoms with E-state index in [1.54, 1.807) is 11.3 Å². The smallest absolute Gasteiger partial charge is 0.0948 e. The summed E-state index contributed by atoms with van der Waals surface area (Å²) in [5, 5.41) is 2.14. The van der Waals surface area contributed by atoms with E-state index in [1.165, 1.54) is 30.6 Å². The molecule has 0 bridgehead atoms. The van der Waals surface area contributed by atoms with E-state index >= 15 is 0 Å². The van der Waals surface area contributed by atoms with Gasteiger partial charge in [-0.25, -0.2) is 0 Å². The van der Waals surface area contributed by atoms with E-state index in [9.17, 15) is 0 Å². The van der Waals surface area contributed by atoms with Crippen molar-refractivity contribution in [2.75, 3.05) is 0 Å². The molecule has 3 rings (SSSR count). The van der Waals surface area contributed by atoms with Gasteiger partial charge in [0, 0.05) is 21.2 Å². The summed E-state index contributed by atoms with van der Waals surface area (Å²) in [6.45, 7) is 2.25. The van der Waals surface area contributed by atoms with Crippen molar-refractivity contribution in [3.63, 3.8) is 0 Å². The maximum atomic E-state index is 6.10.